The minimum atomic E-state index is -4.77. The molecule has 2 aromatic rings. The summed E-state index contributed by atoms with van der Waals surface area (Å²) in [5.74, 6) is 0.310. The molecule has 1 aliphatic carbocycles. The van der Waals surface area contributed by atoms with Crippen molar-refractivity contribution in [2.24, 2.45) is 5.92 Å². The molecule has 8 heteroatoms. The highest BCUT2D eigenvalue weighted by molar-refractivity contribution is 9.10. The second-order valence-electron chi connectivity index (χ2n) is 7.82. The van der Waals surface area contributed by atoms with Crippen LogP contribution in [0.1, 0.15) is 42.4 Å². The molecule has 3 rings (SSSR count). The highest BCUT2D eigenvalue weighted by Crippen LogP contribution is 2.36. The number of anilines is 1. The molecule has 0 atom stereocenters. The first kappa shape index (κ1) is 23.9. The van der Waals surface area contributed by atoms with Crippen LogP contribution in [0.2, 0.25) is 0 Å². The average molecular weight is 515 g/mol. The predicted molar refractivity (Wildman–Crippen MR) is 125 cm³/mol. The SMILES string of the molecule is C=C(NCC1CCCC1)c1cc(OC(F)(F)F)cc(NSc2cc(Br)ccc2C)c1C. The van der Waals surface area contributed by atoms with Crippen LogP contribution in [0.15, 0.2) is 46.3 Å². The molecular formula is C23H26BrF3N2OS. The van der Waals surface area contributed by atoms with E-state index >= 15 is 0 Å². The molecule has 0 spiro atoms. The number of benzene rings is 2. The van der Waals surface area contributed by atoms with E-state index in [4.69, 9.17) is 0 Å². The maximum absolute atomic E-state index is 12.9. The van der Waals surface area contributed by atoms with E-state index in [-0.39, 0.29) is 5.75 Å². The van der Waals surface area contributed by atoms with Crippen molar-refractivity contribution in [2.45, 2.75) is 50.8 Å². The summed E-state index contributed by atoms with van der Waals surface area (Å²) in [7, 11) is 0. The van der Waals surface area contributed by atoms with Crippen molar-refractivity contribution in [3.63, 3.8) is 0 Å². The van der Waals surface area contributed by atoms with Gasteiger partial charge in [-0.25, -0.2) is 0 Å². The molecule has 0 heterocycles. The summed E-state index contributed by atoms with van der Waals surface area (Å²) in [6, 6.07) is 8.65. The molecule has 31 heavy (non-hydrogen) atoms. The molecule has 0 bridgehead atoms. The highest BCUT2D eigenvalue weighted by Gasteiger charge is 2.31. The Hall–Kier alpha value is -1.80. The second-order valence-corrected chi connectivity index (χ2v) is 9.58. The zero-order valence-electron chi connectivity index (χ0n) is 17.5. The van der Waals surface area contributed by atoms with Crippen LogP contribution in [0.25, 0.3) is 5.70 Å². The summed E-state index contributed by atoms with van der Waals surface area (Å²) < 4.78 is 47.1. The van der Waals surface area contributed by atoms with Gasteiger partial charge >= 0.3 is 6.36 Å². The van der Waals surface area contributed by atoms with Gasteiger partial charge < -0.3 is 14.8 Å². The highest BCUT2D eigenvalue weighted by atomic mass is 79.9. The Bertz CT molecular complexity index is 943. The minimum Gasteiger partial charge on any atom is -0.406 e. The fraction of sp³-hybridized carbons (Fsp3) is 0.391. The zero-order valence-corrected chi connectivity index (χ0v) is 19.9. The summed E-state index contributed by atoms with van der Waals surface area (Å²) in [6.07, 6.45) is 0.0361. The molecular weight excluding hydrogens is 489 g/mol. The molecule has 0 aliphatic heterocycles. The zero-order chi connectivity index (χ0) is 22.6. The Labute approximate surface area is 194 Å². The Kier molecular flexibility index (Phi) is 7.86. The molecule has 1 saturated carbocycles. The standard InChI is InChI=1S/C23H26BrF3N2OS/c1-14-8-9-18(24)10-22(14)31-29-21-12-19(30-23(25,26)27)11-20(15(21)2)16(3)28-13-17-6-4-5-7-17/h8-12,17,28-29H,3-7,13H2,1-2H3. The molecule has 3 nitrogen and oxygen atoms in total. The van der Waals surface area contributed by atoms with Crippen molar-refractivity contribution in [2.75, 3.05) is 11.3 Å². The lowest BCUT2D eigenvalue weighted by Gasteiger charge is -2.20. The first-order valence-corrected chi connectivity index (χ1v) is 11.8. The van der Waals surface area contributed by atoms with Crippen LogP contribution >= 0.6 is 27.9 Å². The predicted octanol–water partition coefficient (Wildman–Crippen LogP) is 7.83. The summed E-state index contributed by atoms with van der Waals surface area (Å²) >= 11 is 4.79. The Balaban J connectivity index is 1.84. The summed E-state index contributed by atoms with van der Waals surface area (Å²) in [6.45, 7) is 8.70. The maximum atomic E-state index is 12.9. The van der Waals surface area contributed by atoms with Gasteiger partial charge in [-0.05, 0) is 73.9 Å². The molecule has 168 valence electrons. The first-order chi connectivity index (χ1) is 14.6. The van der Waals surface area contributed by atoms with Crippen molar-refractivity contribution in [3.8, 4) is 5.75 Å². The molecule has 0 radical (unpaired) electrons. The van der Waals surface area contributed by atoms with Gasteiger partial charge in [-0.15, -0.1) is 13.2 Å². The van der Waals surface area contributed by atoms with Crippen molar-refractivity contribution in [1.29, 1.82) is 0 Å². The quantitative estimate of drug-likeness (QED) is 0.351. The summed E-state index contributed by atoms with van der Waals surface area (Å²) in [5, 5.41) is 3.32. The van der Waals surface area contributed by atoms with Gasteiger partial charge in [0.1, 0.15) is 5.75 Å². The summed E-state index contributed by atoms with van der Waals surface area (Å²) in [5.41, 5.74) is 3.62. The van der Waals surface area contributed by atoms with Gasteiger partial charge in [-0.2, -0.15) is 0 Å². The molecule has 0 unspecified atom stereocenters. The lowest BCUT2D eigenvalue weighted by Crippen LogP contribution is -2.21. The van der Waals surface area contributed by atoms with Gasteiger partial charge in [0.25, 0.3) is 0 Å². The number of aryl methyl sites for hydroxylation is 1. The van der Waals surface area contributed by atoms with Crippen molar-refractivity contribution >= 4 is 39.3 Å². The lowest BCUT2D eigenvalue weighted by molar-refractivity contribution is -0.274. The van der Waals surface area contributed by atoms with Crippen molar-refractivity contribution in [3.05, 3.63) is 58.1 Å². The number of alkyl halides is 3. The molecule has 2 N–H and O–H groups in total. The molecule has 2 aromatic carbocycles. The van der Waals surface area contributed by atoms with Crippen molar-refractivity contribution in [1.82, 2.24) is 5.32 Å². The first-order valence-electron chi connectivity index (χ1n) is 10.1. The molecule has 0 aromatic heterocycles. The number of nitrogens with one attached hydrogen (secondary N) is 2. The second kappa shape index (κ2) is 10.2. The minimum absolute atomic E-state index is 0.272. The van der Waals surface area contributed by atoms with E-state index in [1.165, 1.54) is 49.8 Å². The van der Waals surface area contributed by atoms with E-state index in [1.807, 2.05) is 32.0 Å². The van der Waals surface area contributed by atoms with E-state index in [1.54, 1.807) is 0 Å². The topological polar surface area (TPSA) is 33.3 Å². The molecule has 0 amide bonds. The average Bonchev–Trinajstić information content (AvgIpc) is 3.21. The fourth-order valence-electron chi connectivity index (χ4n) is 3.67. The van der Waals surface area contributed by atoms with Crippen LogP contribution in [0.5, 0.6) is 5.75 Å². The van der Waals surface area contributed by atoms with E-state index in [2.05, 4.69) is 37.3 Å². The number of halogens is 4. The fourth-order valence-corrected chi connectivity index (χ4v) is 5.03. The van der Waals surface area contributed by atoms with Gasteiger partial charge in [0.15, 0.2) is 0 Å². The van der Waals surface area contributed by atoms with Crippen LogP contribution in [-0.4, -0.2) is 12.9 Å². The molecule has 0 saturated heterocycles. The van der Waals surface area contributed by atoms with Crippen LogP contribution in [0.3, 0.4) is 0 Å². The van der Waals surface area contributed by atoms with Gasteiger partial charge in [-0.1, -0.05) is 41.4 Å². The third kappa shape index (κ3) is 6.84. The van der Waals surface area contributed by atoms with E-state index < -0.39 is 6.36 Å². The van der Waals surface area contributed by atoms with E-state index in [9.17, 15) is 13.2 Å². The maximum Gasteiger partial charge on any atom is 0.573 e. The molecule has 1 fully saturated rings. The van der Waals surface area contributed by atoms with Gasteiger partial charge in [0.05, 0.1) is 5.69 Å². The van der Waals surface area contributed by atoms with Gasteiger partial charge in [0, 0.05) is 33.2 Å². The monoisotopic (exact) mass is 514 g/mol. The Morgan fingerprint density at radius 1 is 1.19 bits per heavy atom. The van der Waals surface area contributed by atoms with E-state index in [0.717, 1.165) is 27.0 Å². The normalized spacial score (nSPS) is 14.5. The third-order valence-corrected chi connectivity index (χ3v) is 6.91. The lowest BCUT2D eigenvalue weighted by atomic mass is 10.0. The van der Waals surface area contributed by atoms with E-state index in [0.29, 0.717) is 22.9 Å². The van der Waals surface area contributed by atoms with Crippen molar-refractivity contribution < 1.29 is 17.9 Å². The van der Waals surface area contributed by atoms with Gasteiger partial charge in [0.2, 0.25) is 0 Å². The number of hydrogen-bond acceptors (Lipinski definition) is 4. The number of hydrogen-bond donors (Lipinski definition) is 2. The third-order valence-electron chi connectivity index (χ3n) is 5.44. The molecule has 1 aliphatic rings. The smallest absolute Gasteiger partial charge is 0.406 e. The van der Waals surface area contributed by atoms with Crippen LogP contribution in [0, 0.1) is 19.8 Å². The van der Waals surface area contributed by atoms with Gasteiger partial charge in [-0.3, -0.25) is 0 Å². The Morgan fingerprint density at radius 3 is 2.58 bits per heavy atom. The number of rotatable bonds is 8. The Morgan fingerprint density at radius 2 is 1.90 bits per heavy atom. The number of ether oxygens (including phenoxy) is 1. The largest absolute Gasteiger partial charge is 0.573 e. The van der Waals surface area contributed by atoms with Crippen LogP contribution < -0.4 is 14.8 Å². The van der Waals surface area contributed by atoms with Crippen LogP contribution in [0.4, 0.5) is 18.9 Å². The summed E-state index contributed by atoms with van der Waals surface area (Å²) in [4.78, 5) is 0.968. The van der Waals surface area contributed by atoms with Crippen LogP contribution in [-0.2, 0) is 0 Å².